The molecule has 1 N–H and O–H groups in total. The molecule has 0 aromatic carbocycles. The Balaban J connectivity index is 2.86. The van der Waals surface area contributed by atoms with E-state index in [0.717, 1.165) is 10.9 Å². The molecule has 0 spiro atoms. The number of hydrogen-bond donors (Lipinski definition) is 1. The molecule has 4 heteroatoms. The van der Waals surface area contributed by atoms with Crippen LogP contribution in [-0.4, -0.2) is 23.0 Å². The van der Waals surface area contributed by atoms with Crippen LogP contribution in [0.2, 0.25) is 0 Å². The fraction of sp³-hybridized carbons (Fsp3) is 0. The number of H-pyrrole nitrogens is 1. The van der Waals surface area contributed by atoms with Crippen LogP contribution in [0.1, 0.15) is 0 Å². The molecule has 2 aromatic rings. The Labute approximate surface area is 58.9 Å². The molecule has 0 unspecified atom stereocenters. The fourth-order valence-corrected chi connectivity index (χ4v) is 0.860. The van der Waals surface area contributed by atoms with Crippen LogP contribution in [0.3, 0.4) is 0 Å². The Bertz CT molecular complexity index is 355. The molecule has 0 saturated carbocycles. The summed E-state index contributed by atoms with van der Waals surface area (Å²) in [6.07, 6.45) is 3.38. The van der Waals surface area contributed by atoms with Gasteiger partial charge in [-0.25, -0.2) is 0 Å². The van der Waals surface area contributed by atoms with E-state index >= 15 is 0 Å². The lowest BCUT2D eigenvalue weighted by atomic mass is 10.0. The first-order valence-electron chi connectivity index (χ1n) is 2.91. The van der Waals surface area contributed by atoms with Crippen molar-refractivity contribution in [2.75, 3.05) is 0 Å². The second-order valence-corrected chi connectivity index (χ2v) is 2.07. The molecule has 0 aliphatic rings. The second kappa shape index (κ2) is 1.83. The minimum absolute atomic E-state index is 0.522. The van der Waals surface area contributed by atoms with Crippen LogP contribution in [0, 0.1) is 0 Å². The van der Waals surface area contributed by atoms with Crippen molar-refractivity contribution in [1.82, 2.24) is 15.2 Å². The van der Waals surface area contributed by atoms with Gasteiger partial charge in [-0.05, 0) is 11.7 Å². The number of nitrogens with zero attached hydrogens (tertiary/aromatic N) is 2. The van der Waals surface area contributed by atoms with E-state index < -0.39 is 0 Å². The molecule has 2 rings (SSSR count). The summed E-state index contributed by atoms with van der Waals surface area (Å²) in [5.41, 5.74) is 1.43. The lowest BCUT2D eigenvalue weighted by Crippen LogP contribution is -2.05. The molecule has 0 atom stereocenters. The van der Waals surface area contributed by atoms with Crippen molar-refractivity contribution in [1.29, 1.82) is 0 Å². The molecule has 3 nitrogen and oxygen atoms in total. The van der Waals surface area contributed by atoms with E-state index in [1.54, 1.807) is 18.5 Å². The van der Waals surface area contributed by atoms with Crippen LogP contribution in [-0.2, 0) is 0 Å². The third kappa shape index (κ3) is 0.691. The Morgan fingerprint density at radius 2 is 2.30 bits per heavy atom. The number of nitrogens with one attached hydrogen (secondary N) is 1. The number of pyridine rings is 1. The number of rotatable bonds is 0. The van der Waals surface area contributed by atoms with Crippen molar-refractivity contribution < 1.29 is 0 Å². The minimum Gasteiger partial charge on any atom is -0.276 e. The van der Waals surface area contributed by atoms with E-state index in [0.29, 0.717) is 5.59 Å². The fourth-order valence-electron chi connectivity index (χ4n) is 0.860. The van der Waals surface area contributed by atoms with Gasteiger partial charge in [0.15, 0.2) is 0 Å². The van der Waals surface area contributed by atoms with Gasteiger partial charge < -0.3 is 0 Å². The zero-order chi connectivity index (χ0) is 6.97. The summed E-state index contributed by atoms with van der Waals surface area (Å²) in [6, 6.07) is 1.78. The number of hydrogen-bond acceptors (Lipinski definition) is 2. The van der Waals surface area contributed by atoms with E-state index in [-0.39, 0.29) is 0 Å². The van der Waals surface area contributed by atoms with Crippen LogP contribution in [0.4, 0.5) is 0 Å². The van der Waals surface area contributed by atoms with Crippen molar-refractivity contribution in [3.8, 4) is 0 Å². The molecule has 0 amide bonds. The highest BCUT2D eigenvalue weighted by Gasteiger charge is 1.93. The number of aromatic amines is 1. The molecule has 46 valence electrons. The van der Waals surface area contributed by atoms with Crippen molar-refractivity contribution in [2.45, 2.75) is 0 Å². The lowest BCUT2D eigenvalue weighted by Gasteiger charge is -1.88. The van der Waals surface area contributed by atoms with Gasteiger partial charge in [-0.2, -0.15) is 5.10 Å². The predicted octanol–water partition coefficient (Wildman–Crippen LogP) is -0.248. The summed E-state index contributed by atoms with van der Waals surface area (Å²) in [7, 11) is 5.43. The average Bonchev–Trinajstić information content (AvgIpc) is 2.33. The van der Waals surface area contributed by atoms with Gasteiger partial charge in [-0.3, -0.25) is 10.1 Å². The second-order valence-electron chi connectivity index (χ2n) is 2.07. The van der Waals surface area contributed by atoms with Crippen molar-refractivity contribution in [3.05, 3.63) is 18.5 Å². The molecule has 10 heavy (non-hydrogen) atoms. The first-order chi connectivity index (χ1) is 4.86. The number of aromatic nitrogens is 3. The zero-order valence-electron chi connectivity index (χ0n) is 5.20. The third-order valence-electron chi connectivity index (χ3n) is 1.35. The van der Waals surface area contributed by atoms with E-state index in [1.807, 2.05) is 0 Å². The van der Waals surface area contributed by atoms with Gasteiger partial charge in [-0.1, -0.05) is 0 Å². The molecule has 0 bridgehead atoms. The summed E-state index contributed by atoms with van der Waals surface area (Å²) in [6.45, 7) is 0. The summed E-state index contributed by atoms with van der Waals surface area (Å²) < 4.78 is 0. The Hall–Kier alpha value is -1.32. The van der Waals surface area contributed by atoms with Crippen molar-refractivity contribution in [2.24, 2.45) is 0 Å². The van der Waals surface area contributed by atoms with Crippen LogP contribution in [0.5, 0.6) is 0 Å². The highest BCUT2D eigenvalue weighted by Crippen LogP contribution is 2.03. The van der Waals surface area contributed by atoms with Crippen LogP contribution in [0.15, 0.2) is 18.5 Å². The van der Waals surface area contributed by atoms with E-state index in [4.69, 9.17) is 7.85 Å². The standard InChI is InChI=1S/C6H4BN3/c7-6-1-4-2-9-10-5(4)3-8-6/h1-3H,(H,9,10). The van der Waals surface area contributed by atoms with Gasteiger partial charge in [0.25, 0.3) is 0 Å². The molecular formula is C6H4BN3. The van der Waals surface area contributed by atoms with Crippen molar-refractivity contribution in [3.63, 3.8) is 0 Å². The predicted molar refractivity (Wildman–Crippen MR) is 39.3 cm³/mol. The Morgan fingerprint density at radius 1 is 1.40 bits per heavy atom. The minimum atomic E-state index is 0.522. The largest absolute Gasteiger partial charge is 0.276 e. The van der Waals surface area contributed by atoms with Gasteiger partial charge in [0.05, 0.1) is 17.9 Å². The monoisotopic (exact) mass is 129 g/mol. The summed E-state index contributed by atoms with van der Waals surface area (Å²) in [5, 5.41) is 7.59. The van der Waals surface area contributed by atoms with Crippen LogP contribution in [0.25, 0.3) is 10.9 Å². The third-order valence-corrected chi connectivity index (χ3v) is 1.35. The normalized spacial score (nSPS) is 10.4. The van der Waals surface area contributed by atoms with Crippen LogP contribution >= 0.6 is 0 Å². The summed E-state index contributed by atoms with van der Waals surface area (Å²) in [4.78, 5) is 3.89. The maximum atomic E-state index is 5.43. The molecule has 2 aromatic heterocycles. The molecule has 0 saturated heterocycles. The smallest absolute Gasteiger partial charge is 0.141 e. The summed E-state index contributed by atoms with van der Waals surface area (Å²) in [5.74, 6) is 0. The quantitative estimate of drug-likeness (QED) is 0.498. The van der Waals surface area contributed by atoms with E-state index in [1.165, 1.54) is 0 Å². The SMILES string of the molecule is [B]c1cc2cn[nH]c2cn1. The van der Waals surface area contributed by atoms with Gasteiger partial charge in [-0.15, -0.1) is 0 Å². The van der Waals surface area contributed by atoms with Gasteiger partial charge in [0.2, 0.25) is 0 Å². The maximum absolute atomic E-state index is 5.43. The highest BCUT2D eigenvalue weighted by molar-refractivity contribution is 6.31. The first-order valence-corrected chi connectivity index (χ1v) is 2.91. The molecule has 0 aliphatic heterocycles. The molecule has 2 radical (unpaired) electrons. The molecule has 0 fully saturated rings. The lowest BCUT2D eigenvalue weighted by molar-refractivity contribution is 1.12. The summed E-state index contributed by atoms with van der Waals surface area (Å²) >= 11 is 0. The number of fused-ring (bicyclic) bond motifs is 1. The zero-order valence-corrected chi connectivity index (χ0v) is 5.20. The van der Waals surface area contributed by atoms with Crippen LogP contribution < -0.4 is 5.59 Å². The van der Waals surface area contributed by atoms with Crippen molar-refractivity contribution >= 4 is 24.3 Å². The maximum Gasteiger partial charge on any atom is 0.141 e. The Kier molecular flexibility index (Phi) is 1.00. The average molecular weight is 129 g/mol. The highest BCUT2D eigenvalue weighted by atomic mass is 15.1. The first kappa shape index (κ1) is 5.47. The van der Waals surface area contributed by atoms with E-state index in [2.05, 4.69) is 15.2 Å². The molecular weight excluding hydrogens is 125 g/mol. The Morgan fingerprint density at radius 3 is 3.20 bits per heavy atom. The topological polar surface area (TPSA) is 41.6 Å². The van der Waals surface area contributed by atoms with E-state index in [9.17, 15) is 0 Å². The van der Waals surface area contributed by atoms with Gasteiger partial charge in [0, 0.05) is 5.39 Å². The molecule has 0 aliphatic carbocycles. The van der Waals surface area contributed by atoms with Gasteiger partial charge >= 0.3 is 0 Å². The molecule has 2 heterocycles. The van der Waals surface area contributed by atoms with Gasteiger partial charge in [0.1, 0.15) is 7.85 Å².